The van der Waals surface area contributed by atoms with Crippen LogP contribution in [0.3, 0.4) is 0 Å². The number of methoxy groups -OCH3 is 1. The highest BCUT2D eigenvalue weighted by Gasteiger charge is 2.37. The first-order valence-corrected chi connectivity index (χ1v) is 12.4. The molecule has 0 aromatic heterocycles. The third-order valence-electron chi connectivity index (χ3n) is 5.53. The van der Waals surface area contributed by atoms with Crippen LogP contribution in [0.25, 0.3) is 6.08 Å². The summed E-state index contributed by atoms with van der Waals surface area (Å²) < 4.78 is 11.0. The minimum Gasteiger partial charge on any atom is -0.493 e. The summed E-state index contributed by atoms with van der Waals surface area (Å²) in [5, 5.41) is 5.68. The van der Waals surface area contributed by atoms with Crippen LogP contribution in [0, 0.1) is 6.92 Å². The Labute approximate surface area is 238 Å². The Morgan fingerprint density at radius 2 is 1.79 bits per heavy atom. The average Bonchev–Trinajstić information content (AvgIpc) is 2.87. The highest BCUT2D eigenvalue weighted by molar-refractivity contribution is 6.39. The molecule has 0 atom stereocenters. The zero-order valence-corrected chi connectivity index (χ0v) is 22.8. The number of imide groups is 2. The van der Waals surface area contributed by atoms with E-state index in [0.29, 0.717) is 21.3 Å². The maximum absolute atomic E-state index is 13.1. The van der Waals surface area contributed by atoms with Gasteiger partial charge in [0.2, 0.25) is 0 Å². The fourth-order valence-electron chi connectivity index (χ4n) is 3.64. The lowest BCUT2D eigenvalue weighted by molar-refractivity contribution is -0.122. The van der Waals surface area contributed by atoms with Gasteiger partial charge in [0.1, 0.15) is 5.57 Å². The molecule has 12 heteroatoms. The second-order valence-electron chi connectivity index (χ2n) is 8.27. The number of nitrogens with one attached hydrogen (secondary N) is 2. The molecular weight excluding hydrogens is 569 g/mol. The van der Waals surface area contributed by atoms with Gasteiger partial charge in [0.15, 0.2) is 18.1 Å². The van der Waals surface area contributed by atoms with Crippen molar-refractivity contribution in [3.63, 3.8) is 0 Å². The first-order valence-electron chi connectivity index (χ1n) is 11.3. The molecule has 1 saturated heterocycles. The number of halogens is 3. The molecule has 1 aliphatic heterocycles. The normalized spacial score (nSPS) is 14.3. The number of benzene rings is 3. The minimum atomic E-state index is -0.907. The Morgan fingerprint density at radius 1 is 1.03 bits per heavy atom. The number of carbonyl (C=O) groups is 4. The van der Waals surface area contributed by atoms with Crippen molar-refractivity contribution in [1.82, 2.24) is 5.32 Å². The van der Waals surface area contributed by atoms with E-state index in [1.165, 1.54) is 37.5 Å². The van der Waals surface area contributed by atoms with Crippen molar-refractivity contribution >= 4 is 76.0 Å². The van der Waals surface area contributed by atoms with E-state index >= 15 is 0 Å². The SMILES string of the molecule is COc1cc(/C=C2\C(=O)NC(=O)N(c3cccc(Cl)c3)C2=O)cc(Cl)c1OCC(=O)Nc1ccc(C)c(Cl)c1. The smallest absolute Gasteiger partial charge is 0.335 e. The predicted octanol–water partition coefficient (Wildman–Crippen LogP) is 5.65. The summed E-state index contributed by atoms with van der Waals surface area (Å²) in [6, 6.07) is 13.2. The third kappa shape index (κ3) is 6.34. The fraction of sp³-hybridized carbons (Fsp3) is 0.111. The number of rotatable bonds is 7. The summed E-state index contributed by atoms with van der Waals surface area (Å²) >= 11 is 18.5. The van der Waals surface area contributed by atoms with E-state index in [-0.39, 0.29) is 34.4 Å². The second-order valence-corrected chi connectivity index (χ2v) is 9.52. The molecule has 3 aromatic carbocycles. The van der Waals surface area contributed by atoms with Crippen molar-refractivity contribution in [2.45, 2.75) is 6.92 Å². The molecule has 9 nitrogen and oxygen atoms in total. The van der Waals surface area contributed by atoms with Crippen molar-refractivity contribution in [2.24, 2.45) is 0 Å². The molecule has 1 heterocycles. The van der Waals surface area contributed by atoms with Crippen LogP contribution in [0.2, 0.25) is 15.1 Å². The van der Waals surface area contributed by atoms with Gasteiger partial charge in [-0.05, 0) is 66.6 Å². The quantitative estimate of drug-likeness (QED) is 0.272. The number of hydrogen-bond donors (Lipinski definition) is 2. The van der Waals surface area contributed by atoms with E-state index in [0.717, 1.165) is 10.5 Å². The average molecular weight is 589 g/mol. The second kappa shape index (κ2) is 11.8. The van der Waals surface area contributed by atoms with E-state index < -0.39 is 23.8 Å². The zero-order valence-electron chi connectivity index (χ0n) is 20.5. The Kier molecular flexibility index (Phi) is 8.44. The largest absolute Gasteiger partial charge is 0.493 e. The number of amides is 5. The van der Waals surface area contributed by atoms with Gasteiger partial charge in [-0.15, -0.1) is 0 Å². The van der Waals surface area contributed by atoms with Crippen LogP contribution in [-0.4, -0.2) is 37.5 Å². The summed E-state index contributed by atoms with van der Waals surface area (Å²) in [6.07, 6.45) is 1.26. The number of anilines is 2. The Morgan fingerprint density at radius 3 is 2.49 bits per heavy atom. The van der Waals surface area contributed by atoms with Crippen molar-refractivity contribution in [2.75, 3.05) is 23.9 Å². The lowest BCUT2D eigenvalue weighted by Crippen LogP contribution is -2.54. The number of aryl methyl sites for hydroxylation is 1. The van der Waals surface area contributed by atoms with E-state index in [2.05, 4.69) is 10.6 Å². The first kappa shape index (κ1) is 28.0. The molecule has 39 heavy (non-hydrogen) atoms. The van der Waals surface area contributed by atoms with Crippen LogP contribution in [0.1, 0.15) is 11.1 Å². The summed E-state index contributed by atoms with van der Waals surface area (Å²) in [4.78, 5) is 51.2. The van der Waals surface area contributed by atoms with Crippen LogP contribution in [-0.2, 0) is 14.4 Å². The van der Waals surface area contributed by atoms with E-state index in [1.807, 2.05) is 6.92 Å². The topological polar surface area (TPSA) is 114 Å². The minimum absolute atomic E-state index is 0.0545. The molecule has 200 valence electrons. The fourth-order valence-corrected chi connectivity index (χ4v) is 4.28. The van der Waals surface area contributed by atoms with Gasteiger partial charge in [-0.25, -0.2) is 9.69 Å². The molecule has 0 spiro atoms. The number of hydrogen-bond acceptors (Lipinski definition) is 6. The third-order valence-corrected chi connectivity index (χ3v) is 6.46. The summed E-state index contributed by atoms with van der Waals surface area (Å²) in [5.74, 6) is -1.98. The van der Waals surface area contributed by atoms with Crippen LogP contribution in [0.15, 0.2) is 60.2 Å². The molecule has 4 rings (SSSR count). The van der Waals surface area contributed by atoms with Crippen LogP contribution < -0.4 is 25.0 Å². The molecule has 3 aromatic rings. The molecule has 0 bridgehead atoms. The van der Waals surface area contributed by atoms with Crippen LogP contribution in [0.5, 0.6) is 11.5 Å². The highest BCUT2D eigenvalue weighted by atomic mass is 35.5. The molecule has 0 radical (unpaired) electrons. The lowest BCUT2D eigenvalue weighted by atomic mass is 10.1. The Bertz CT molecular complexity index is 1540. The van der Waals surface area contributed by atoms with Crippen molar-refractivity contribution in [3.05, 3.63) is 86.4 Å². The molecule has 5 amide bonds. The maximum Gasteiger partial charge on any atom is 0.335 e. The number of barbiturate groups is 1. The number of urea groups is 1. The van der Waals surface area contributed by atoms with Gasteiger partial charge in [0, 0.05) is 15.7 Å². The van der Waals surface area contributed by atoms with E-state index in [1.54, 1.807) is 30.3 Å². The monoisotopic (exact) mass is 587 g/mol. The Balaban J connectivity index is 1.55. The number of nitrogens with zero attached hydrogens (tertiary/aromatic N) is 1. The summed E-state index contributed by atoms with van der Waals surface area (Å²) in [7, 11) is 1.36. The number of carbonyl (C=O) groups excluding carboxylic acids is 4. The van der Waals surface area contributed by atoms with Crippen molar-refractivity contribution in [1.29, 1.82) is 0 Å². The standard InChI is InChI=1S/C27H20Cl3N3O6/c1-14-6-7-17(12-20(14)29)31-23(34)13-39-24-21(30)9-15(10-22(24)38-2)8-19-25(35)32-27(37)33(26(19)36)18-5-3-4-16(28)11-18/h3-12H,13H2,1-2H3,(H,31,34)(H,32,35,37)/b19-8+. The molecule has 0 saturated carbocycles. The summed E-state index contributed by atoms with van der Waals surface area (Å²) in [5.41, 5.74) is 1.54. The van der Waals surface area contributed by atoms with Gasteiger partial charge >= 0.3 is 6.03 Å². The van der Waals surface area contributed by atoms with Gasteiger partial charge in [0.05, 0.1) is 17.8 Å². The van der Waals surface area contributed by atoms with Gasteiger partial charge in [0.25, 0.3) is 17.7 Å². The van der Waals surface area contributed by atoms with Crippen molar-refractivity contribution in [3.8, 4) is 11.5 Å². The van der Waals surface area contributed by atoms with Gasteiger partial charge in [-0.2, -0.15) is 0 Å². The van der Waals surface area contributed by atoms with Gasteiger partial charge in [-0.1, -0.05) is 46.9 Å². The predicted molar refractivity (Wildman–Crippen MR) is 149 cm³/mol. The van der Waals surface area contributed by atoms with Crippen molar-refractivity contribution < 1.29 is 28.7 Å². The molecule has 1 fully saturated rings. The van der Waals surface area contributed by atoms with Gasteiger partial charge in [-0.3, -0.25) is 19.7 Å². The molecule has 2 N–H and O–H groups in total. The zero-order chi connectivity index (χ0) is 28.3. The van der Waals surface area contributed by atoms with Crippen LogP contribution in [0.4, 0.5) is 16.2 Å². The summed E-state index contributed by atoms with van der Waals surface area (Å²) in [6.45, 7) is 1.45. The lowest BCUT2D eigenvalue weighted by Gasteiger charge is -2.26. The van der Waals surface area contributed by atoms with E-state index in [9.17, 15) is 19.2 Å². The number of ether oxygens (including phenoxy) is 2. The molecular formula is C27H20Cl3N3O6. The van der Waals surface area contributed by atoms with Gasteiger partial charge < -0.3 is 14.8 Å². The highest BCUT2D eigenvalue weighted by Crippen LogP contribution is 2.37. The maximum atomic E-state index is 13.1. The van der Waals surface area contributed by atoms with E-state index in [4.69, 9.17) is 44.3 Å². The Hall–Kier alpha value is -4.05. The first-order chi connectivity index (χ1) is 18.6. The van der Waals surface area contributed by atoms with Crippen LogP contribution >= 0.6 is 34.8 Å². The molecule has 0 unspecified atom stereocenters. The molecule has 0 aliphatic carbocycles. The molecule has 1 aliphatic rings.